The van der Waals surface area contributed by atoms with E-state index in [0.717, 1.165) is 39.3 Å². The van der Waals surface area contributed by atoms with Crippen LogP contribution in [0, 0.1) is 0 Å². The number of carbonyl (C=O) groups is 1. The number of rotatable bonds is 1. The molecule has 16 heavy (non-hydrogen) atoms. The van der Waals surface area contributed by atoms with Crippen LogP contribution in [0.25, 0.3) is 0 Å². The van der Waals surface area contributed by atoms with E-state index in [1.165, 1.54) is 0 Å². The highest BCUT2D eigenvalue weighted by Crippen LogP contribution is 2.04. The van der Waals surface area contributed by atoms with E-state index in [9.17, 15) is 4.79 Å². The number of hydrogen-bond donors (Lipinski definition) is 2. The van der Waals surface area contributed by atoms with Gasteiger partial charge >= 0.3 is 0 Å². The van der Waals surface area contributed by atoms with Gasteiger partial charge in [-0.1, -0.05) is 0 Å². The second kappa shape index (κ2) is 5.12. The normalized spacial score (nSPS) is 32.8. The van der Waals surface area contributed by atoms with E-state index in [0.29, 0.717) is 6.04 Å². The van der Waals surface area contributed by atoms with E-state index in [1.54, 1.807) is 0 Å². The van der Waals surface area contributed by atoms with Crippen molar-refractivity contribution in [2.75, 3.05) is 46.3 Å². The molecule has 0 aromatic rings. The van der Waals surface area contributed by atoms with Gasteiger partial charge in [-0.2, -0.15) is 0 Å². The third kappa shape index (κ3) is 2.72. The number of likely N-dealkylation sites (N-methyl/N-ethyl adjacent to an activating group) is 1. The number of amides is 1. The lowest BCUT2D eigenvalue weighted by Crippen LogP contribution is -2.61. The van der Waals surface area contributed by atoms with Crippen LogP contribution < -0.4 is 10.6 Å². The van der Waals surface area contributed by atoms with E-state index in [4.69, 9.17) is 0 Å². The number of carbonyl (C=O) groups excluding carboxylic acids is 1. The van der Waals surface area contributed by atoms with Crippen molar-refractivity contribution in [3.63, 3.8) is 0 Å². The third-order valence-corrected chi connectivity index (χ3v) is 3.45. The van der Waals surface area contributed by atoms with Gasteiger partial charge in [-0.25, -0.2) is 0 Å². The van der Waals surface area contributed by atoms with Gasteiger partial charge < -0.3 is 20.4 Å². The largest absolute Gasteiger partial charge is 0.339 e. The smallest absolute Gasteiger partial charge is 0.241 e. The van der Waals surface area contributed by atoms with Gasteiger partial charge in [0.25, 0.3) is 0 Å². The van der Waals surface area contributed by atoms with Gasteiger partial charge in [-0.05, 0) is 14.0 Å². The average Bonchev–Trinajstić information content (AvgIpc) is 2.30. The Morgan fingerprint density at radius 3 is 2.38 bits per heavy atom. The molecular formula is C11H22N4O. The van der Waals surface area contributed by atoms with Crippen molar-refractivity contribution in [1.29, 1.82) is 0 Å². The molecule has 0 aliphatic carbocycles. The molecule has 5 nitrogen and oxygen atoms in total. The molecule has 5 heteroatoms. The first-order valence-corrected chi connectivity index (χ1v) is 6.11. The number of nitrogens with one attached hydrogen (secondary N) is 2. The minimum absolute atomic E-state index is 0.0281. The van der Waals surface area contributed by atoms with Crippen molar-refractivity contribution < 1.29 is 4.79 Å². The predicted octanol–water partition coefficient (Wildman–Crippen LogP) is -1.29. The molecule has 0 bridgehead atoms. The van der Waals surface area contributed by atoms with E-state index >= 15 is 0 Å². The molecular weight excluding hydrogens is 204 g/mol. The predicted molar refractivity (Wildman–Crippen MR) is 63.3 cm³/mol. The van der Waals surface area contributed by atoms with Gasteiger partial charge in [0.2, 0.25) is 5.91 Å². The standard InChI is InChI=1S/C11H22N4O/c1-9-7-13-10(8-12-9)11(16)15-5-3-14(2)4-6-15/h9-10,12-13H,3-8H2,1-2H3. The second-order valence-corrected chi connectivity index (χ2v) is 4.90. The quantitative estimate of drug-likeness (QED) is 0.584. The average molecular weight is 226 g/mol. The Balaban J connectivity index is 1.83. The maximum atomic E-state index is 12.2. The maximum Gasteiger partial charge on any atom is 0.241 e. The SMILES string of the molecule is CC1CNC(C(=O)N2CCN(C)CC2)CN1. The Morgan fingerprint density at radius 1 is 1.12 bits per heavy atom. The molecule has 0 saturated carbocycles. The number of hydrogen-bond acceptors (Lipinski definition) is 4. The molecule has 2 atom stereocenters. The Morgan fingerprint density at radius 2 is 1.81 bits per heavy atom. The van der Waals surface area contributed by atoms with Crippen molar-refractivity contribution in [3.05, 3.63) is 0 Å². The Bertz CT molecular complexity index is 218. The molecule has 2 aliphatic heterocycles. The van der Waals surface area contributed by atoms with Crippen molar-refractivity contribution in [3.8, 4) is 0 Å². The van der Waals surface area contributed by atoms with Crippen molar-refractivity contribution in [1.82, 2.24) is 20.4 Å². The molecule has 0 spiro atoms. The second-order valence-electron chi connectivity index (χ2n) is 4.90. The van der Waals surface area contributed by atoms with Crippen LogP contribution in [-0.4, -0.2) is 74.1 Å². The molecule has 0 aromatic heterocycles. The summed E-state index contributed by atoms with van der Waals surface area (Å²) in [7, 11) is 2.10. The first-order chi connectivity index (χ1) is 7.66. The fourth-order valence-corrected chi connectivity index (χ4v) is 2.20. The molecule has 1 amide bonds. The summed E-state index contributed by atoms with van der Waals surface area (Å²) in [6.07, 6.45) is 0. The molecule has 2 aliphatic rings. The van der Waals surface area contributed by atoms with Crippen molar-refractivity contribution in [2.45, 2.75) is 19.0 Å². The van der Waals surface area contributed by atoms with Crippen LogP contribution in [-0.2, 0) is 4.79 Å². The molecule has 2 N–H and O–H groups in total. The molecule has 92 valence electrons. The van der Waals surface area contributed by atoms with Gasteiger partial charge in [0.05, 0.1) is 6.04 Å². The van der Waals surface area contributed by atoms with Gasteiger partial charge in [0, 0.05) is 45.3 Å². The van der Waals surface area contributed by atoms with E-state index < -0.39 is 0 Å². The summed E-state index contributed by atoms with van der Waals surface area (Å²) in [6, 6.07) is 0.441. The molecule has 2 unspecified atom stereocenters. The summed E-state index contributed by atoms with van der Waals surface area (Å²) in [6.45, 7) is 7.47. The van der Waals surface area contributed by atoms with E-state index in [2.05, 4.69) is 29.5 Å². The van der Waals surface area contributed by atoms with E-state index in [1.807, 2.05) is 4.90 Å². The lowest BCUT2D eigenvalue weighted by molar-refractivity contribution is -0.135. The minimum Gasteiger partial charge on any atom is -0.339 e. The van der Waals surface area contributed by atoms with Crippen LogP contribution >= 0.6 is 0 Å². The third-order valence-electron chi connectivity index (χ3n) is 3.45. The molecule has 2 rings (SSSR count). The monoisotopic (exact) mass is 226 g/mol. The highest BCUT2D eigenvalue weighted by molar-refractivity contribution is 5.82. The maximum absolute atomic E-state index is 12.2. The van der Waals surface area contributed by atoms with Crippen LogP contribution in [0.15, 0.2) is 0 Å². The zero-order chi connectivity index (χ0) is 11.5. The van der Waals surface area contributed by atoms with Crippen LogP contribution in [0.5, 0.6) is 0 Å². The Hall–Kier alpha value is -0.650. The summed E-state index contributed by atoms with van der Waals surface area (Å²) < 4.78 is 0. The first kappa shape index (κ1) is 11.8. The Labute approximate surface area is 97.2 Å². The number of piperazine rings is 2. The molecule has 2 heterocycles. The minimum atomic E-state index is -0.0281. The van der Waals surface area contributed by atoms with Gasteiger partial charge in [0.15, 0.2) is 0 Å². The molecule has 0 aromatic carbocycles. The van der Waals surface area contributed by atoms with Gasteiger partial charge in [-0.3, -0.25) is 4.79 Å². The lowest BCUT2D eigenvalue weighted by Gasteiger charge is -2.36. The fourth-order valence-electron chi connectivity index (χ4n) is 2.20. The summed E-state index contributed by atoms with van der Waals surface area (Å²) in [5.74, 6) is 0.257. The topological polar surface area (TPSA) is 47.6 Å². The van der Waals surface area contributed by atoms with Gasteiger partial charge in [0.1, 0.15) is 0 Å². The molecule has 0 radical (unpaired) electrons. The summed E-state index contributed by atoms with van der Waals surface area (Å²) in [5, 5.41) is 6.65. The number of nitrogens with zero attached hydrogens (tertiary/aromatic N) is 2. The molecule has 2 saturated heterocycles. The zero-order valence-electron chi connectivity index (χ0n) is 10.2. The van der Waals surface area contributed by atoms with Crippen LogP contribution in [0.4, 0.5) is 0 Å². The first-order valence-electron chi connectivity index (χ1n) is 6.11. The van der Waals surface area contributed by atoms with Crippen LogP contribution in [0.2, 0.25) is 0 Å². The highest BCUT2D eigenvalue weighted by atomic mass is 16.2. The van der Waals surface area contributed by atoms with E-state index in [-0.39, 0.29) is 11.9 Å². The summed E-state index contributed by atoms with van der Waals surface area (Å²) in [5.41, 5.74) is 0. The fraction of sp³-hybridized carbons (Fsp3) is 0.909. The molecule has 2 fully saturated rings. The summed E-state index contributed by atoms with van der Waals surface area (Å²) >= 11 is 0. The van der Waals surface area contributed by atoms with Crippen LogP contribution in [0.3, 0.4) is 0 Å². The Kier molecular flexibility index (Phi) is 3.78. The van der Waals surface area contributed by atoms with Gasteiger partial charge in [-0.15, -0.1) is 0 Å². The van der Waals surface area contributed by atoms with Crippen LogP contribution in [0.1, 0.15) is 6.92 Å². The van der Waals surface area contributed by atoms with Crippen molar-refractivity contribution in [2.24, 2.45) is 0 Å². The summed E-state index contributed by atoms with van der Waals surface area (Å²) in [4.78, 5) is 16.4. The van der Waals surface area contributed by atoms with Crippen molar-refractivity contribution >= 4 is 5.91 Å². The zero-order valence-corrected chi connectivity index (χ0v) is 10.2. The highest BCUT2D eigenvalue weighted by Gasteiger charge is 2.28. The lowest BCUT2D eigenvalue weighted by atomic mass is 10.1.